The van der Waals surface area contributed by atoms with Crippen LogP contribution in [0, 0.1) is 11.8 Å². The predicted octanol–water partition coefficient (Wildman–Crippen LogP) is 4.08. The summed E-state index contributed by atoms with van der Waals surface area (Å²) in [6.45, 7) is 2.17. The van der Waals surface area contributed by atoms with Crippen molar-refractivity contribution in [1.29, 1.82) is 0 Å². The molecule has 1 aromatic carbocycles. The Balaban J connectivity index is 2.23. The van der Waals surface area contributed by atoms with Crippen LogP contribution in [0.1, 0.15) is 12.5 Å². The highest BCUT2D eigenvalue weighted by atomic mass is 16.5. The molecule has 4 heteroatoms. The van der Waals surface area contributed by atoms with Crippen LogP contribution in [0.2, 0.25) is 0 Å². The Labute approximate surface area is 138 Å². The zero-order valence-electron chi connectivity index (χ0n) is 14.3. The molecule has 1 aromatic rings. The molecule has 0 fully saturated rings. The lowest BCUT2D eigenvalue weighted by atomic mass is 9.88. The molecular weight excluding hydrogens is 292 g/mol. The summed E-state index contributed by atoms with van der Waals surface area (Å²) in [7, 11) is 6.53. The average molecular weight is 316 g/mol. The third-order valence-corrected chi connectivity index (χ3v) is 3.95. The Morgan fingerprint density at radius 2 is 1.57 bits per heavy atom. The minimum absolute atomic E-state index is 0.327. The van der Waals surface area contributed by atoms with Crippen molar-refractivity contribution >= 4 is 6.08 Å². The summed E-state index contributed by atoms with van der Waals surface area (Å²) in [6.07, 6.45) is 10.5. The summed E-state index contributed by atoms with van der Waals surface area (Å²) in [5, 5.41) is 0. The van der Waals surface area contributed by atoms with Crippen molar-refractivity contribution in [3.8, 4) is 17.2 Å². The first kappa shape index (κ1) is 17.0. The summed E-state index contributed by atoms with van der Waals surface area (Å²) in [5.41, 5.74) is 1.00. The fourth-order valence-corrected chi connectivity index (χ4v) is 2.60. The predicted molar refractivity (Wildman–Crippen MR) is 92.0 cm³/mol. The molecule has 0 heterocycles. The van der Waals surface area contributed by atoms with Gasteiger partial charge in [0.15, 0.2) is 11.5 Å². The molecule has 23 heavy (non-hydrogen) atoms. The highest BCUT2D eigenvalue weighted by Gasteiger charge is 2.15. The number of ether oxygens (including phenoxy) is 4. The molecule has 0 saturated carbocycles. The van der Waals surface area contributed by atoms with Gasteiger partial charge in [-0.25, -0.2) is 0 Å². The molecule has 0 bridgehead atoms. The molecule has 124 valence electrons. The maximum atomic E-state index is 5.38. The van der Waals surface area contributed by atoms with Crippen LogP contribution in [0.15, 0.2) is 42.2 Å². The van der Waals surface area contributed by atoms with E-state index in [9.17, 15) is 0 Å². The van der Waals surface area contributed by atoms with E-state index in [4.69, 9.17) is 18.9 Å². The van der Waals surface area contributed by atoms with Gasteiger partial charge < -0.3 is 18.9 Å². The number of methoxy groups -OCH3 is 4. The zero-order chi connectivity index (χ0) is 16.8. The molecule has 0 amide bonds. The highest BCUT2D eigenvalue weighted by molar-refractivity contribution is 5.62. The van der Waals surface area contributed by atoms with E-state index < -0.39 is 0 Å². The van der Waals surface area contributed by atoms with Gasteiger partial charge in [0.1, 0.15) is 5.76 Å². The maximum absolute atomic E-state index is 5.38. The summed E-state index contributed by atoms with van der Waals surface area (Å²) in [4.78, 5) is 0. The molecule has 4 nitrogen and oxygen atoms in total. The molecule has 0 aromatic heterocycles. The molecule has 0 radical (unpaired) electrons. The number of allylic oxidation sites excluding steroid dienone is 4. The van der Waals surface area contributed by atoms with Gasteiger partial charge in [-0.3, -0.25) is 0 Å². The van der Waals surface area contributed by atoms with E-state index in [2.05, 4.69) is 31.2 Å². The van der Waals surface area contributed by atoms with E-state index >= 15 is 0 Å². The number of hydrogen-bond acceptors (Lipinski definition) is 4. The molecule has 0 N–H and O–H groups in total. The van der Waals surface area contributed by atoms with Crippen LogP contribution in [-0.4, -0.2) is 28.4 Å². The number of rotatable bonds is 6. The van der Waals surface area contributed by atoms with Crippen LogP contribution in [0.4, 0.5) is 0 Å². The summed E-state index contributed by atoms with van der Waals surface area (Å²) < 4.78 is 21.4. The topological polar surface area (TPSA) is 36.9 Å². The fraction of sp³-hybridized carbons (Fsp3) is 0.368. The first-order chi connectivity index (χ1) is 11.1. The third kappa shape index (κ3) is 3.89. The Morgan fingerprint density at radius 3 is 2.04 bits per heavy atom. The SMILES string of the molecule is COC1=CC(C)C(/C=C\c2cc(OC)c(OC)c(OC)c2)C=C1. The van der Waals surface area contributed by atoms with Gasteiger partial charge in [0.2, 0.25) is 5.75 Å². The first-order valence-corrected chi connectivity index (χ1v) is 7.55. The molecule has 2 rings (SSSR count). The standard InChI is InChI=1S/C19H24O4/c1-13-10-16(20-2)9-8-15(13)7-6-14-11-17(21-3)19(23-5)18(12-14)22-4/h6-13,15H,1-5H3/b7-6-. The van der Waals surface area contributed by atoms with Crippen LogP contribution >= 0.6 is 0 Å². The van der Waals surface area contributed by atoms with E-state index in [-0.39, 0.29) is 0 Å². The van der Waals surface area contributed by atoms with Crippen LogP contribution < -0.4 is 14.2 Å². The van der Waals surface area contributed by atoms with Crippen molar-refractivity contribution in [1.82, 2.24) is 0 Å². The first-order valence-electron chi connectivity index (χ1n) is 7.55. The fourth-order valence-electron chi connectivity index (χ4n) is 2.60. The van der Waals surface area contributed by atoms with Gasteiger partial charge in [0.25, 0.3) is 0 Å². The normalized spacial score (nSPS) is 20.3. The molecular formula is C19H24O4. The third-order valence-electron chi connectivity index (χ3n) is 3.95. The van der Waals surface area contributed by atoms with Gasteiger partial charge in [0, 0.05) is 5.92 Å². The number of benzene rings is 1. The second-order valence-corrected chi connectivity index (χ2v) is 5.39. The largest absolute Gasteiger partial charge is 0.497 e. The lowest BCUT2D eigenvalue weighted by molar-refractivity contribution is 0.298. The van der Waals surface area contributed by atoms with Gasteiger partial charge in [-0.1, -0.05) is 25.2 Å². The van der Waals surface area contributed by atoms with E-state index in [0.717, 1.165) is 11.3 Å². The zero-order valence-corrected chi connectivity index (χ0v) is 14.3. The van der Waals surface area contributed by atoms with E-state index in [1.54, 1.807) is 28.4 Å². The molecule has 2 unspecified atom stereocenters. The van der Waals surface area contributed by atoms with Crippen LogP contribution in [-0.2, 0) is 4.74 Å². The molecule has 2 atom stereocenters. The van der Waals surface area contributed by atoms with Crippen molar-refractivity contribution < 1.29 is 18.9 Å². The van der Waals surface area contributed by atoms with Crippen molar-refractivity contribution in [2.75, 3.05) is 28.4 Å². The molecule has 0 aliphatic heterocycles. The molecule has 0 saturated heterocycles. The summed E-state index contributed by atoms with van der Waals surface area (Å²) in [6, 6.07) is 3.87. The van der Waals surface area contributed by atoms with E-state index in [1.807, 2.05) is 18.2 Å². The summed E-state index contributed by atoms with van der Waals surface area (Å²) >= 11 is 0. The maximum Gasteiger partial charge on any atom is 0.203 e. The van der Waals surface area contributed by atoms with Crippen LogP contribution in [0.25, 0.3) is 6.08 Å². The minimum atomic E-state index is 0.327. The van der Waals surface area contributed by atoms with Gasteiger partial charge in [-0.2, -0.15) is 0 Å². The van der Waals surface area contributed by atoms with Crippen molar-refractivity contribution in [2.45, 2.75) is 6.92 Å². The quantitative estimate of drug-likeness (QED) is 0.792. The van der Waals surface area contributed by atoms with Gasteiger partial charge >= 0.3 is 0 Å². The van der Waals surface area contributed by atoms with Gasteiger partial charge in [-0.15, -0.1) is 0 Å². The molecule has 0 spiro atoms. The monoisotopic (exact) mass is 316 g/mol. The lowest BCUT2D eigenvalue weighted by Gasteiger charge is -2.19. The Bertz CT molecular complexity index is 603. The molecule has 1 aliphatic carbocycles. The van der Waals surface area contributed by atoms with Crippen LogP contribution in [0.3, 0.4) is 0 Å². The Morgan fingerprint density at radius 1 is 0.913 bits per heavy atom. The Kier molecular flexibility index (Phi) is 5.74. The van der Waals surface area contributed by atoms with Gasteiger partial charge in [-0.05, 0) is 35.8 Å². The molecule has 1 aliphatic rings. The van der Waals surface area contributed by atoms with E-state index in [1.165, 1.54) is 0 Å². The highest BCUT2D eigenvalue weighted by Crippen LogP contribution is 2.38. The van der Waals surface area contributed by atoms with E-state index in [0.29, 0.717) is 29.1 Å². The summed E-state index contributed by atoms with van der Waals surface area (Å²) in [5.74, 6) is 3.53. The average Bonchev–Trinajstić information content (AvgIpc) is 2.59. The second-order valence-electron chi connectivity index (χ2n) is 5.39. The minimum Gasteiger partial charge on any atom is -0.497 e. The van der Waals surface area contributed by atoms with Crippen molar-refractivity contribution in [3.63, 3.8) is 0 Å². The van der Waals surface area contributed by atoms with Crippen molar-refractivity contribution in [2.24, 2.45) is 11.8 Å². The van der Waals surface area contributed by atoms with Gasteiger partial charge in [0.05, 0.1) is 28.4 Å². The second kappa shape index (κ2) is 7.77. The van der Waals surface area contributed by atoms with Crippen LogP contribution in [0.5, 0.6) is 17.2 Å². The lowest BCUT2D eigenvalue weighted by Crippen LogP contribution is -2.08. The number of hydrogen-bond donors (Lipinski definition) is 0. The smallest absolute Gasteiger partial charge is 0.203 e. The Hall–Kier alpha value is -2.36. The van der Waals surface area contributed by atoms with Crippen molar-refractivity contribution in [3.05, 3.63) is 47.8 Å².